The highest BCUT2D eigenvalue weighted by atomic mass is 35.5. The Hall–Kier alpha value is -1.24. The highest BCUT2D eigenvalue weighted by molar-refractivity contribution is 5.85. The van der Waals surface area contributed by atoms with E-state index in [4.69, 9.17) is 11.0 Å². The minimum Gasteiger partial charge on any atom is -0.508 e. The number of aromatic hydroxyl groups is 1. The summed E-state index contributed by atoms with van der Waals surface area (Å²) in [7, 11) is 0. The van der Waals surface area contributed by atoms with E-state index in [9.17, 15) is 5.11 Å². The van der Waals surface area contributed by atoms with Crippen LogP contribution in [-0.2, 0) is 0 Å². The van der Waals surface area contributed by atoms with E-state index in [0.29, 0.717) is 5.56 Å². The number of phenolic OH excluding ortho intramolecular Hbond substituents is 1. The average Bonchev–Trinajstić information content (AvgIpc) is 2.09. The number of hydrogen-bond donors (Lipinski definition) is 2. The van der Waals surface area contributed by atoms with Crippen molar-refractivity contribution < 1.29 is 5.11 Å². The van der Waals surface area contributed by atoms with Crippen LogP contribution in [0.2, 0.25) is 0 Å². The van der Waals surface area contributed by atoms with E-state index in [1.165, 1.54) is 0 Å². The number of phenols is 1. The van der Waals surface area contributed by atoms with Crippen molar-refractivity contribution in [3.8, 4) is 11.8 Å². The second kappa shape index (κ2) is 5.48. The molecule has 0 bridgehead atoms. The SMILES string of the molecule is Cc1ccc(O)c([C@H](N)CC#N)c1.Cl. The largest absolute Gasteiger partial charge is 0.508 e. The molecule has 14 heavy (non-hydrogen) atoms. The van der Waals surface area contributed by atoms with Gasteiger partial charge in [0, 0.05) is 11.6 Å². The molecule has 0 unspecified atom stereocenters. The predicted octanol–water partition coefficient (Wildman–Crippen LogP) is 2.04. The van der Waals surface area contributed by atoms with Gasteiger partial charge in [-0.25, -0.2) is 0 Å². The lowest BCUT2D eigenvalue weighted by Crippen LogP contribution is -2.09. The predicted molar refractivity (Wildman–Crippen MR) is 57.3 cm³/mol. The maximum absolute atomic E-state index is 9.44. The fourth-order valence-electron chi connectivity index (χ4n) is 1.18. The molecule has 0 saturated carbocycles. The number of hydrogen-bond acceptors (Lipinski definition) is 3. The molecule has 3 nitrogen and oxygen atoms in total. The summed E-state index contributed by atoms with van der Waals surface area (Å²) in [6.07, 6.45) is 0.219. The number of rotatable bonds is 2. The van der Waals surface area contributed by atoms with Crippen molar-refractivity contribution in [2.24, 2.45) is 5.73 Å². The Morgan fingerprint density at radius 2 is 2.21 bits per heavy atom. The molecule has 0 aromatic heterocycles. The summed E-state index contributed by atoms with van der Waals surface area (Å²) < 4.78 is 0. The lowest BCUT2D eigenvalue weighted by molar-refractivity contribution is 0.461. The minimum atomic E-state index is -0.398. The molecule has 1 aromatic rings. The van der Waals surface area contributed by atoms with Crippen LogP contribution >= 0.6 is 12.4 Å². The van der Waals surface area contributed by atoms with Crippen molar-refractivity contribution in [2.75, 3.05) is 0 Å². The summed E-state index contributed by atoms with van der Waals surface area (Å²) >= 11 is 0. The number of nitriles is 1. The third kappa shape index (κ3) is 2.91. The summed E-state index contributed by atoms with van der Waals surface area (Å²) in [5.41, 5.74) is 7.36. The standard InChI is InChI=1S/C10H12N2O.ClH/c1-7-2-3-10(13)8(6-7)9(12)4-5-11;/h2-3,6,9,13H,4,12H2,1H3;1H/t9-;/m1./s1. The third-order valence-electron chi connectivity index (χ3n) is 1.89. The second-order valence-electron chi connectivity index (χ2n) is 3.03. The van der Waals surface area contributed by atoms with Crippen LogP contribution in [-0.4, -0.2) is 5.11 Å². The molecule has 0 saturated heterocycles. The molecule has 76 valence electrons. The molecular weight excluding hydrogens is 200 g/mol. The van der Waals surface area contributed by atoms with Crippen molar-refractivity contribution in [1.82, 2.24) is 0 Å². The van der Waals surface area contributed by atoms with Crippen molar-refractivity contribution in [1.29, 1.82) is 5.26 Å². The van der Waals surface area contributed by atoms with Crippen LogP contribution in [0, 0.1) is 18.3 Å². The van der Waals surface area contributed by atoms with Gasteiger partial charge in [0.25, 0.3) is 0 Å². The van der Waals surface area contributed by atoms with E-state index < -0.39 is 6.04 Å². The van der Waals surface area contributed by atoms with Gasteiger partial charge in [0.05, 0.1) is 12.5 Å². The first kappa shape index (κ1) is 12.8. The first-order valence-corrected chi connectivity index (χ1v) is 4.07. The Morgan fingerprint density at radius 3 is 2.79 bits per heavy atom. The van der Waals surface area contributed by atoms with Crippen molar-refractivity contribution in [2.45, 2.75) is 19.4 Å². The zero-order chi connectivity index (χ0) is 9.84. The Morgan fingerprint density at radius 1 is 1.57 bits per heavy atom. The first-order valence-electron chi connectivity index (χ1n) is 4.07. The maximum Gasteiger partial charge on any atom is 0.120 e. The Kier molecular flexibility index (Phi) is 5.00. The van der Waals surface area contributed by atoms with E-state index in [1.807, 2.05) is 13.0 Å². The monoisotopic (exact) mass is 212 g/mol. The molecule has 0 amide bonds. The van der Waals surface area contributed by atoms with E-state index in [2.05, 4.69) is 0 Å². The number of benzene rings is 1. The highest BCUT2D eigenvalue weighted by Crippen LogP contribution is 2.25. The van der Waals surface area contributed by atoms with Gasteiger partial charge in [0.15, 0.2) is 0 Å². The van der Waals surface area contributed by atoms with Crippen LogP contribution in [0.3, 0.4) is 0 Å². The molecule has 1 aromatic carbocycles. The topological polar surface area (TPSA) is 70.0 Å². The summed E-state index contributed by atoms with van der Waals surface area (Å²) in [4.78, 5) is 0. The van der Waals surface area contributed by atoms with Gasteiger partial charge in [-0.2, -0.15) is 5.26 Å². The van der Waals surface area contributed by atoms with Crippen molar-refractivity contribution >= 4 is 12.4 Å². The molecule has 0 radical (unpaired) electrons. The van der Waals surface area contributed by atoms with Crippen LogP contribution in [0.1, 0.15) is 23.6 Å². The Bertz CT molecular complexity index is 346. The Balaban J connectivity index is 0.00000169. The molecule has 0 aliphatic heterocycles. The minimum absolute atomic E-state index is 0. The van der Waals surface area contributed by atoms with Crippen LogP contribution in [0.5, 0.6) is 5.75 Å². The maximum atomic E-state index is 9.44. The van der Waals surface area contributed by atoms with Gasteiger partial charge >= 0.3 is 0 Å². The van der Waals surface area contributed by atoms with E-state index in [-0.39, 0.29) is 24.6 Å². The lowest BCUT2D eigenvalue weighted by atomic mass is 10.0. The van der Waals surface area contributed by atoms with Gasteiger partial charge in [0.1, 0.15) is 5.75 Å². The molecule has 1 rings (SSSR count). The van der Waals surface area contributed by atoms with Gasteiger partial charge in [-0.05, 0) is 13.0 Å². The zero-order valence-electron chi connectivity index (χ0n) is 7.90. The van der Waals surface area contributed by atoms with Crippen molar-refractivity contribution in [3.05, 3.63) is 29.3 Å². The molecule has 0 aliphatic carbocycles. The molecule has 1 atom stereocenters. The number of halogens is 1. The van der Waals surface area contributed by atoms with E-state index >= 15 is 0 Å². The molecule has 4 heteroatoms. The fourth-order valence-corrected chi connectivity index (χ4v) is 1.18. The quantitative estimate of drug-likeness (QED) is 0.788. The van der Waals surface area contributed by atoms with Crippen LogP contribution < -0.4 is 5.73 Å². The molecule has 0 heterocycles. The lowest BCUT2D eigenvalue weighted by Gasteiger charge is -2.10. The number of nitrogens with two attached hydrogens (primary N) is 1. The molecule has 0 fully saturated rings. The van der Waals surface area contributed by atoms with Gasteiger partial charge in [-0.15, -0.1) is 12.4 Å². The number of aryl methyl sites for hydroxylation is 1. The third-order valence-corrected chi connectivity index (χ3v) is 1.89. The zero-order valence-corrected chi connectivity index (χ0v) is 8.71. The summed E-state index contributed by atoms with van der Waals surface area (Å²) in [5, 5.41) is 17.9. The smallest absolute Gasteiger partial charge is 0.120 e. The van der Waals surface area contributed by atoms with Crippen molar-refractivity contribution in [3.63, 3.8) is 0 Å². The van der Waals surface area contributed by atoms with E-state index in [1.54, 1.807) is 18.2 Å². The first-order chi connectivity index (χ1) is 6.15. The van der Waals surface area contributed by atoms with Gasteiger partial charge in [-0.1, -0.05) is 17.7 Å². The van der Waals surface area contributed by atoms with Gasteiger partial charge in [-0.3, -0.25) is 0 Å². The van der Waals surface area contributed by atoms with Gasteiger partial charge in [0.2, 0.25) is 0 Å². The van der Waals surface area contributed by atoms with Gasteiger partial charge < -0.3 is 10.8 Å². The Labute approximate surface area is 89.6 Å². The summed E-state index contributed by atoms with van der Waals surface area (Å²) in [6.45, 7) is 1.92. The molecule has 0 aliphatic rings. The molecular formula is C10H13ClN2O. The normalized spacial score (nSPS) is 11.2. The summed E-state index contributed by atoms with van der Waals surface area (Å²) in [5.74, 6) is 0.161. The van der Waals surface area contributed by atoms with E-state index in [0.717, 1.165) is 5.56 Å². The second-order valence-corrected chi connectivity index (χ2v) is 3.03. The highest BCUT2D eigenvalue weighted by Gasteiger charge is 2.09. The average molecular weight is 213 g/mol. The number of nitrogens with zero attached hydrogens (tertiary/aromatic N) is 1. The fraction of sp³-hybridized carbons (Fsp3) is 0.300. The molecule has 3 N–H and O–H groups in total. The van der Waals surface area contributed by atoms with Crippen LogP contribution in [0.15, 0.2) is 18.2 Å². The summed E-state index contributed by atoms with van der Waals surface area (Å²) in [6, 6.07) is 6.78. The van der Waals surface area contributed by atoms with Crippen LogP contribution in [0.4, 0.5) is 0 Å². The van der Waals surface area contributed by atoms with Crippen LogP contribution in [0.25, 0.3) is 0 Å². The molecule has 0 spiro atoms.